The van der Waals surface area contributed by atoms with Crippen molar-refractivity contribution in [3.8, 4) is 0 Å². The van der Waals surface area contributed by atoms with Crippen molar-refractivity contribution in [1.29, 1.82) is 0 Å². The molecule has 28 heavy (non-hydrogen) atoms. The van der Waals surface area contributed by atoms with Gasteiger partial charge in [0.1, 0.15) is 0 Å². The van der Waals surface area contributed by atoms with Crippen LogP contribution in [-0.4, -0.2) is 23.1 Å². The molecule has 0 aromatic carbocycles. The van der Waals surface area contributed by atoms with E-state index in [-0.39, 0.29) is 35.6 Å². The summed E-state index contributed by atoms with van der Waals surface area (Å²) in [4.78, 5) is 37.8. The van der Waals surface area contributed by atoms with Crippen LogP contribution >= 0.6 is 11.6 Å². The molecule has 0 aliphatic heterocycles. The van der Waals surface area contributed by atoms with Gasteiger partial charge in [0.25, 0.3) is 0 Å². The van der Waals surface area contributed by atoms with Crippen LogP contribution in [0, 0.1) is 28.6 Å². The standard InChI is InChI=1S/C23H29ClO4/c1-13(25)23(28-14(2)26)10-7-18-16-12-20(24)19-11-15(27)5-8-21(19,3)17(16)6-9-22(18,23)4/h11-12,16-18H,5-10H2,1-4H3/t16-,17+,18+,21-,22+,23+/m0/s1/i1D3,5D2,11D. The highest BCUT2D eigenvalue weighted by Gasteiger charge is 2.67. The second-order valence-corrected chi connectivity index (χ2v) is 9.56. The fourth-order valence-corrected chi connectivity index (χ4v) is 6.97. The average Bonchev–Trinajstić information content (AvgIpc) is 2.97. The molecule has 4 aliphatic carbocycles. The molecule has 0 radical (unpaired) electrons. The summed E-state index contributed by atoms with van der Waals surface area (Å²) in [5.41, 5.74) is -3.24. The van der Waals surface area contributed by atoms with E-state index in [1.54, 1.807) is 6.08 Å². The average molecular weight is 411 g/mol. The molecule has 0 N–H and O–H groups in total. The van der Waals surface area contributed by atoms with Gasteiger partial charge in [0, 0.05) is 30.6 Å². The lowest BCUT2D eigenvalue weighted by Gasteiger charge is -2.57. The van der Waals surface area contributed by atoms with Crippen LogP contribution in [0.3, 0.4) is 0 Å². The number of fused-ring (bicyclic) bond motifs is 5. The van der Waals surface area contributed by atoms with Crippen molar-refractivity contribution in [3.63, 3.8) is 0 Å². The molecule has 6 atom stereocenters. The highest BCUT2D eigenvalue weighted by molar-refractivity contribution is 6.32. The molecular formula is C23H29ClO4. The monoisotopic (exact) mass is 410 g/mol. The molecule has 4 nitrogen and oxygen atoms in total. The first-order valence-corrected chi connectivity index (χ1v) is 10.2. The van der Waals surface area contributed by atoms with Crippen LogP contribution in [0.25, 0.3) is 0 Å². The Morgan fingerprint density at radius 3 is 2.68 bits per heavy atom. The van der Waals surface area contributed by atoms with Crippen molar-refractivity contribution < 1.29 is 27.3 Å². The Bertz CT molecular complexity index is 1050. The quantitative estimate of drug-likeness (QED) is 0.616. The molecule has 0 amide bonds. The third-order valence-electron chi connectivity index (χ3n) is 7.96. The van der Waals surface area contributed by atoms with Crippen LogP contribution in [0.1, 0.15) is 74.3 Å². The summed E-state index contributed by atoms with van der Waals surface area (Å²) < 4.78 is 53.8. The predicted molar refractivity (Wildman–Crippen MR) is 107 cm³/mol. The fourth-order valence-electron chi connectivity index (χ4n) is 6.56. The molecule has 152 valence electrons. The SMILES string of the molecule is [2H]C1=C2C(Cl)=C[C@H]3[C@@H](CC[C@]4(C)[C@@H]3CC[C@@]4(OC(C)=O)C(=O)C([2H])([2H])[2H])[C@]2(C)CC([2H])([2H])C1=O. The van der Waals surface area contributed by atoms with Crippen LogP contribution in [-0.2, 0) is 19.1 Å². The number of hydrogen-bond acceptors (Lipinski definition) is 4. The highest BCUT2D eigenvalue weighted by atomic mass is 35.5. The van der Waals surface area contributed by atoms with Crippen molar-refractivity contribution in [3.05, 3.63) is 22.7 Å². The zero-order valence-corrected chi connectivity index (χ0v) is 17.1. The normalized spacial score (nSPS) is 50.4. The molecule has 2 saturated carbocycles. The van der Waals surface area contributed by atoms with Gasteiger partial charge in [-0.05, 0) is 73.7 Å². The Labute approximate surface area is 180 Å². The summed E-state index contributed by atoms with van der Waals surface area (Å²) in [6.45, 7) is 1.89. The van der Waals surface area contributed by atoms with Gasteiger partial charge in [-0.3, -0.25) is 14.4 Å². The second kappa shape index (κ2) is 6.29. The van der Waals surface area contributed by atoms with Gasteiger partial charge in [-0.1, -0.05) is 31.5 Å². The van der Waals surface area contributed by atoms with Crippen molar-refractivity contribution in [1.82, 2.24) is 0 Å². The molecule has 5 heteroatoms. The first kappa shape index (κ1) is 13.7. The smallest absolute Gasteiger partial charge is 0.303 e. The first-order valence-electron chi connectivity index (χ1n) is 12.8. The number of halogens is 1. The number of Topliss-reactive ketones (excluding diaryl/α,β-unsaturated/α-hetero) is 1. The van der Waals surface area contributed by atoms with Gasteiger partial charge in [-0.15, -0.1) is 0 Å². The zero-order chi connectivity index (χ0) is 25.6. The van der Waals surface area contributed by atoms with Gasteiger partial charge >= 0.3 is 5.97 Å². The largest absolute Gasteiger partial charge is 0.451 e. The predicted octanol–water partition coefficient (Wildman–Crippen LogP) is 4.75. The van der Waals surface area contributed by atoms with Gasteiger partial charge in [0.05, 0.1) is 1.37 Å². The molecule has 0 aromatic rings. The van der Waals surface area contributed by atoms with Crippen LogP contribution in [0.15, 0.2) is 22.7 Å². The van der Waals surface area contributed by atoms with E-state index in [4.69, 9.17) is 24.6 Å². The van der Waals surface area contributed by atoms with E-state index < -0.39 is 53.2 Å². The number of ketones is 2. The Hall–Kier alpha value is -1.42. The Morgan fingerprint density at radius 1 is 1.29 bits per heavy atom. The van der Waals surface area contributed by atoms with E-state index >= 15 is 0 Å². The fraction of sp³-hybridized carbons (Fsp3) is 0.696. The summed E-state index contributed by atoms with van der Waals surface area (Å²) in [6, 6.07) is -0.398. The topological polar surface area (TPSA) is 60.4 Å². The number of carbonyl (C=O) groups is 3. The number of carbonyl (C=O) groups excluding carboxylic acids is 3. The number of hydrogen-bond donors (Lipinski definition) is 0. The van der Waals surface area contributed by atoms with E-state index in [0.29, 0.717) is 24.8 Å². The number of esters is 1. The van der Waals surface area contributed by atoms with E-state index in [1.807, 2.05) is 13.8 Å². The summed E-state index contributed by atoms with van der Waals surface area (Å²) in [6.07, 6.45) is 0.875. The van der Waals surface area contributed by atoms with Crippen LogP contribution in [0.2, 0.25) is 0 Å². The Morgan fingerprint density at radius 2 is 2.00 bits per heavy atom. The number of rotatable bonds is 2. The lowest BCUT2D eigenvalue weighted by Crippen LogP contribution is -2.58. The number of allylic oxidation sites excluding steroid dienone is 4. The summed E-state index contributed by atoms with van der Waals surface area (Å²) in [5.74, 6) is -3.32. The van der Waals surface area contributed by atoms with Crippen molar-refractivity contribution in [2.24, 2.45) is 28.6 Å². The zero-order valence-electron chi connectivity index (χ0n) is 22.4. The van der Waals surface area contributed by atoms with Gasteiger partial charge in [0.15, 0.2) is 17.2 Å². The van der Waals surface area contributed by atoms with Crippen LogP contribution < -0.4 is 0 Å². The van der Waals surface area contributed by atoms with Crippen molar-refractivity contribution in [2.75, 3.05) is 0 Å². The number of ether oxygens (including phenoxy) is 1. The van der Waals surface area contributed by atoms with E-state index in [0.717, 1.165) is 0 Å². The Kier molecular flexibility index (Phi) is 3.08. The molecule has 0 spiro atoms. The van der Waals surface area contributed by atoms with Gasteiger partial charge < -0.3 is 4.74 Å². The molecule has 4 aliphatic rings. The third kappa shape index (κ3) is 2.46. The van der Waals surface area contributed by atoms with E-state index in [2.05, 4.69) is 0 Å². The lowest BCUT2D eigenvalue weighted by atomic mass is 9.48. The van der Waals surface area contributed by atoms with Crippen LogP contribution in [0.5, 0.6) is 0 Å². The first-order chi connectivity index (χ1) is 15.4. The summed E-state index contributed by atoms with van der Waals surface area (Å²) in [7, 11) is 0. The molecule has 4 rings (SSSR count). The Balaban J connectivity index is 1.85. The molecular weight excluding hydrogens is 376 g/mol. The van der Waals surface area contributed by atoms with Gasteiger partial charge in [-0.25, -0.2) is 0 Å². The molecule has 0 bridgehead atoms. The summed E-state index contributed by atoms with van der Waals surface area (Å²) in [5, 5.41) is 0.231. The third-order valence-corrected chi connectivity index (χ3v) is 8.27. The van der Waals surface area contributed by atoms with E-state index in [9.17, 15) is 14.4 Å². The minimum Gasteiger partial charge on any atom is -0.451 e. The summed E-state index contributed by atoms with van der Waals surface area (Å²) >= 11 is 6.65. The second-order valence-electron chi connectivity index (χ2n) is 9.15. The molecule has 0 unspecified atom stereocenters. The molecule has 0 aromatic heterocycles. The minimum atomic E-state index is -2.94. The lowest BCUT2D eigenvalue weighted by molar-refractivity contribution is -0.185. The molecule has 0 saturated heterocycles. The molecule has 2 fully saturated rings. The maximum absolute atomic E-state index is 13.3. The van der Waals surface area contributed by atoms with E-state index in [1.165, 1.54) is 6.92 Å². The molecule has 0 heterocycles. The maximum Gasteiger partial charge on any atom is 0.303 e. The van der Waals surface area contributed by atoms with Gasteiger partial charge in [-0.2, -0.15) is 0 Å². The van der Waals surface area contributed by atoms with Crippen molar-refractivity contribution in [2.45, 2.75) is 71.7 Å². The minimum absolute atomic E-state index is 0.0854. The van der Waals surface area contributed by atoms with Crippen molar-refractivity contribution >= 4 is 29.1 Å². The highest BCUT2D eigenvalue weighted by Crippen LogP contribution is 2.68. The maximum atomic E-state index is 13.3. The van der Waals surface area contributed by atoms with Crippen LogP contribution in [0.4, 0.5) is 0 Å². The van der Waals surface area contributed by atoms with Gasteiger partial charge in [0.2, 0.25) is 0 Å².